The third-order valence-corrected chi connectivity index (χ3v) is 2.87. The second kappa shape index (κ2) is 5.66. The molecule has 0 aromatic heterocycles. The number of hydrogen-bond donors (Lipinski definition) is 0. The van der Waals surface area contributed by atoms with Gasteiger partial charge in [0, 0.05) is 5.56 Å². The molecule has 0 atom stereocenters. The van der Waals surface area contributed by atoms with Gasteiger partial charge in [-0.25, -0.2) is 0 Å². The van der Waals surface area contributed by atoms with Gasteiger partial charge in [-0.3, -0.25) is 0 Å². The third-order valence-electron chi connectivity index (χ3n) is 2.87. The summed E-state index contributed by atoms with van der Waals surface area (Å²) in [5.74, 6) is -19.2. The fourth-order valence-electron chi connectivity index (χ4n) is 1.73. The monoisotopic (exact) mass is 337 g/mol. The molecule has 0 saturated heterocycles. The molecule has 1 radical (unpaired) electrons. The summed E-state index contributed by atoms with van der Waals surface area (Å²) >= 11 is 0. The van der Waals surface area contributed by atoms with Crippen LogP contribution in [0.25, 0.3) is 0 Å². The van der Waals surface area contributed by atoms with Crippen LogP contribution in [-0.2, 0) is 5.92 Å². The molecule has 1 aromatic rings. The van der Waals surface area contributed by atoms with Crippen LogP contribution in [-0.4, -0.2) is 18.0 Å². The minimum Gasteiger partial charge on any atom is -0.194 e. The van der Waals surface area contributed by atoms with Gasteiger partial charge in [0.25, 0.3) is 0 Å². The molecule has 9 heteroatoms. The van der Waals surface area contributed by atoms with Crippen molar-refractivity contribution >= 4 is 0 Å². The van der Waals surface area contributed by atoms with Gasteiger partial charge in [0.15, 0.2) is 0 Å². The summed E-state index contributed by atoms with van der Waals surface area (Å²) in [7, 11) is 0. The number of benzene rings is 1. The zero-order valence-electron chi connectivity index (χ0n) is 11.0. The predicted octanol–water partition coefficient (Wildman–Crippen LogP) is 5.57. The van der Waals surface area contributed by atoms with Gasteiger partial charge in [-0.1, -0.05) is 31.2 Å². The third kappa shape index (κ3) is 2.77. The van der Waals surface area contributed by atoms with Crippen LogP contribution in [0.5, 0.6) is 0 Å². The maximum atomic E-state index is 13.8. The maximum Gasteiger partial charge on any atom is 0.460 e. The molecule has 0 spiro atoms. The molecule has 0 heterocycles. The zero-order chi connectivity index (χ0) is 17.4. The molecule has 125 valence electrons. The van der Waals surface area contributed by atoms with E-state index in [4.69, 9.17) is 0 Å². The Labute approximate surface area is 119 Å². The standard InChI is InChI=1S/C13H10F9/c1-2-5-8-6-3-4-7-9(8)10(14,15)11(16,17)12(18,19)13(20,21)22/h3-7H,2H2,1H3. The highest BCUT2D eigenvalue weighted by Crippen LogP contribution is 2.57. The van der Waals surface area contributed by atoms with E-state index in [0.717, 1.165) is 18.6 Å². The normalized spacial score (nSPS) is 14.3. The smallest absolute Gasteiger partial charge is 0.194 e. The lowest BCUT2D eigenvalue weighted by Crippen LogP contribution is -2.59. The van der Waals surface area contributed by atoms with Crippen LogP contribution in [0.3, 0.4) is 0 Å². The van der Waals surface area contributed by atoms with E-state index in [1.165, 1.54) is 13.0 Å². The van der Waals surface area contributed by atoms with Crippen molar-refractivity contribution < 1.29 is 39.5 Å². The molecular formula is C13H10F9. The number of rotatable bonds is 5. The van der Waals surface area contributed by atoms with E-state index in [0.29, 0.717) is 6.07 Å². The van der Waals surface area contributed by atoms with Gasteiger partial charge < -0.3 is 0 Å². The molecule has 0 saturated carbocycles. The van der Waals surface area contributed by atoms with E-state index >= 15 is 0 Å². The number of halogens is 9. The average Bonchev–Trinajstić information content (AvgIpc) is 2.37. The Morgan fingerprint density at radius 2 is 1.32 bits per heavy atom. The fourth-order valence-corrected chi connectivity index (χ4v) is 1.73. The Hall–Kier alpha value is -1.41. The van der Waals surface area contributed by atoms with Crippen molar-refractivity contribution in [2.45, 2.75) is 37.3 Å². The molecule has 0 fully saturated rings. The van der Waals surface area contributed by atoms with Crippen LogP contribution in [0.15, 0.2) is 24.3 Å². The van der Waals surface area contributed by atoms with Crippen LogP contribution < -0.4 is 0 Å². The van der Waals surface area contributed by atoms with Gasteiger partial charge in [0.05, 0.1) is 0 Å². The quantitative estimate of drug-likeness (QED) is 0.616. The number of alkyl halides is 9. The summed E-state index contributed by atoms with van der Waals surface area (Å²) in [5.41, 5.74) is -2.13. The first-order valence-electron chi connectivity index (χ1n) is 5.93. The summed E-state index contributed by atoms with van der Waals surface area (Å²) in [4.78, 5) is 0. The van der Waals surface area contributed by atoms with Crippen LogP contribution >= 0.6 is 0 Å². The lowest BCUT2D eigenvalue weighted by atomic mass is 9.91. The lowest BCUT2D eigenvalue weighted by molar-refractivity contribution is -0.399. The Morgan fingerprint density at radius 1 is 0.818 bits per heavy atom. The van der Waals surface area contributed by atoms with Gasteiger partial charge in [0.1, 0.15) is 0 Å². The van der Waals surface area contributed by atoms with Crippen molar-refractivity contribution in [2.24, 2.45) is 0 Å². The SMILES string of the molecule is CC[CH]c1ccccc1C(F)(F)C(F)(F)C(F)(F)C(F)(F)F. The lowest BCUT2D eigenvalue weighted by Gasteiger charge is -2.34. The minimum absolute atomic E-state index is 0.0916. The number of hydrogen-bond acceptors (Lipinski definition) is 0. The summed E-state index contributed by atoms with van der Waals surface area (Å²) in [6, 6.07) is 3.33. The highest BCUT2D eigenvalue weighted by molar-refractivity contribution is 5.38. The van der Waals surface area contributed by atoms with Gasteiger partial charge in [-0.05, 0) is 18.4 Å². The van der Waals surface area contributed by atoms with Crippen molar-refractivity contribution in [1.29, 1.82) is 0 Å². The molecule has 0 nitrogen and oxygen atoms in total. The summed E-state index contributed by atoms with van der Waals surface area (Å²) < 4.78 is 116. The molecule has 0 bridgehead atoms. The minimum atomic E-state index is -6.89. The van der Waals surface area contributed by atoms with Crippen LogP contribution in [0.1, 0.15) is 24.5 Å². The maximum absolute atomic E-state index is 13.8. The Balaban J connectivity index is 3.46. The fraction of sp³-hybridized carbons (Fsp3) is 0.462. The molecule has 0 N–H and O–H groups in total. The van der Waals surface area contributed by atoms with Gasteiger partial charge in [-0.15, -0.1) is 0 Å². The Bertz CT molecular complexity index is 516. The molecule has 0 unspecified atom stereocenters. The van der Waals surface area contributed by atoms with E-state index in [1.807, 2.05) is 0 Å². The molecule has 0 aliphatic rings. The highest BCUT2D eigenvalue weighted by atomic mass is 19.4. The summed E-state index contributed by atoms with van der Waals surface area (Å²) in [6.45, 7) is 1.46. The van der Waals surface area contributed by atoms with Gasteiger partial charge >= 0.3 is 23.9 Å². The summed E-state index contributed by atoms with van der Waals surface area (Å²) in [5, 5.41) is 0. The molecule has 0 amide bonds. The van der Waals surface area contributed by atoms with Crippen molar-refractivity contribution in [3.8, 4) is 0 Å². The Kier molecular flexibility index (Phi) is 4.79. The largest absolute Gasteiger partial charge is 0.460 e. The van der Waals surface area contributed by atoms with E-state index < -0.39 is 35.1 Å². The molecular weight excluding hydrogens is 327 g/mol. The summed E-state index contributed by atoms with van der Waals surface area (Å²) in [6.07, 6.45) is -5.71. The van der Waals surface area contributed by atoms with E-state index in [1.54, 1.807) is 0 Å². The van der Waals surface area contributed by atoms with Crippen LogP contribution in [0.2, 0.25) is 0 Å². The second-order valence-corrected chi connectivity index (χ2v) is 4.42. The van der Waals surface area contributed by atoms with E-state index in [2.05, 4.69) is 0 Å². The molecule has 0 aliphatic heterocycles. The van der Waals surface area contributed by atoms with Crippen LogP contribution in [0.4, 0.5) is 39.5 Å². The highest BCUT2D eigenvalue weighted by Gasteiger charge is 2.82. The van der Waals surface area contributed by atoms with Gasteiger partial charge in [-0.2, -0.15) is 39.5 Å². The zero-order valence-corrected chi connectivity index (χ0v) is 11.0. The van der Waals surface area contributed by atoms with Crippen molar-refractivity contribution in [2.75, 3.05) is 0 Å². The van der Waals surface area contributed by atoms with Crippen molar-refractivity contribution in [3.63, 3.8) is 0 Å². The predicted molar refractivity (Wildman–Crippen MR) is 60.0 cm³/mol. The molecule has 1 rings (SSSR count). The molecule has 0 aliphatic carbocycles. The first kappa shape index (κ1) is 18.6. The van der Waals surface area contributed by atoms with E-state index in [9.17, 15) is 39.5 Å². The van der Waals surface area contributed by atoms with Gasteiger partial charge in [0.2, 0.25) is 0 Å². The van der Waals surface area contributed by atoms with Crippen molar-refractivity contribution in [1.82, 2.24) is 0 Å². The Morgan fingerprint density at radius 3 is 1.77 bits per heavy atom. The van der Waals surface area contributed by atoms with Crippen molar-refractivity contribution in [3.05, 3.63) is 41.8 Å². The second-order valence-electron chi connectivity index (χ2n) is 4.42. The van der Waals surface area contributed by atoms with Crippen LogP contribution in [0, 0.1) is 6.42 Å². The molecule has 22 heavy (non-hydrogen) atoms. The van der Waals surface area contributed by atoms with E-state index in [-0.39, 0.29) is 6.42 Å². The first-order chi connectivity index (χ1) is 9.80. The topological polar surface area (TPSA) is 0 Å². The molecule has 1 aromatic carbocycles. The first-order valence-corrected chi connectivity index (χ1v) is 5.93. The average molecular weight is 337 g/mol.